The van der Waals surface area contributed by atoms with Crippen LogP contribution in [-0.2, 0) is 0 Å². The summed E-state index contributed by atoms with van der Waals surface area (Å²) in [7, 11) is 0. The molecule has 3 aromatic carbocycles. The van der Waals surface area contributed by atoms with Gasteiger partial charge in [0.1, 0.15) is 5.82 Å². The Bertz CT molecular complexity index is 1140. The third-order valence-electron chi connectivity index (χ3n) is 4.60. The molecule has 0 unspecified atom stereocenters. The summed E-state index contributed by atoms with van der Waals surface area (Å²) in [5.74, 6) is -0.258. The van der Waals surface area contributed by atoms with Crippen LogP contribution in [0.5, 0.6) is 0 Å². The van der Waals surface area contributed by atoms with E-state index < -0.39 is 0 Å². The molecule has 0 amide bonds. The Morgan fingerprint density at radius 1 is 0.815 bits per heavy atom. The number of pyridine rings is 1. The van der Waals surface area contributed by atoms with Crippen molar-refractivity contribution in [1.29, 1.82) is 0 Å². The number of halogens is 3. The first-order valence-electron chi connectivity index (χ1n) is 8.46. The number of fused-ring (bicyclic) bond motifs is 1. The van der Waals surface area contributed by atoms with E-state index in [2.05, 4.69) is 32.0 Å². The first-order chi connectivity index (χ1) is 12.5. The minimum atomic E-state index is -0.258. The molecule has 0 radical (unpaired) electrons. The summed E-state index contributed by atoms with van der Waals surface area (Å²) < 4.78 is 14.5. The molecule has 0 aliphatic carbocycles. The Balaban J connectivity index is 0.00000210. The lowest BCUT2D eigenvalue weighted by atomic mass is 9.96. The Morgan fingerprint density at radius 2 is 1.59 bits per heavy atom. The van der Waals surface area contributed by atoms with Gasteiger partial charge in [0.05, 0.1) is 11.2 Å². The molecule has 0 fully saturated rings. The van der Waals surface area contributed by atoms with Gasteiger partial charge in [0.15, 0.2) is 0 Å². The number of aryl methyl sites for hydroxylation is 2. The highest BCUT2D eigenvalue weighted by atomic mass is 35.5. The fourth-order valence-electron chi connectivity index (χ4n) is 3.25. The standard InChI is InChI=1S/C23H17ClFN.ClH/c1-14-7-8-15(2)18(11-14)23-13-19(17-5-3-4-6-21(17)25)20-12-16(24)9-10-22(20)26-23;/h3-13H,1-2H3;1H. The average molecular weight is 398 g/mol. The lowest BCUT2D eigenvalue weighted by Gasteiger charge is -2.13. The lowest BCUT2D eigenvalue weighted by Crippen LogP contribution is -1.94. The molecule has 0 atom stereocenters. The van der Waals surface area contributed by atoms with Gasteiger partial charge in [0.2, 0.25) is 0 Å². The van der Waals surface area contributed by atoms with Gasteiger partial charge in [-0.25, -0.2) is 9.37 Å². The second-order valence-corrected chi connectivity index (χ2v) is 6.95. The largest absolute Gasteiger partial charge is 0.248 e. The monoisotopic (exact) mass is 397 g/mol. The summed E-state index contributed by atoms with van der Waals surface area (Å²) in [5, 5.41) is 1.45. The number of hydrogen-bond acceptors (Lipinski definition) is 1. The molecule has 0 aliphatic heterocycles. The van der Waals surface area contributed by atoms with E-state index in [0.29, 0.717) is 10.6 Å². The van der Waals surface area contributed by atoms with Gasteiger partial charge >= 0.3 is 0 Å². The zero-order valence-electron chi connectivity index (χ0n) is 15.0. The summed E-state index contributed by atoms with van der Waals surface area (Å²) in [6.07, 6.45) is 0. The van der Waals surface area contributed by atoms with Crippen LogP contribution in [0.1, 0.15) is 11.1 Å². The van der Waals surface area contributed by atoms with Gasteiger partial charge < -0.3 is 0 Å². The fraction of sp³-hybridized carbons (Fsp3) is 0.0870. The first-order valence-corrected chi connectivity index (χ1v) is 8.83. The molecule has 0 aliphatic rings. The van der Waals surface area contributed by atoms with Crippen molar-refractivity contribution in [1.82, 2.24) is 4.98 Å². The predicted molar refractivity (Wildman–Crippen MR) is 114 cm³/mol. The normalized spacial score (nSPS) is 10.7. The number of aromatic nitrogens is 1. The van der Waals surface area contributed by atoms with Crippen molar-refractivity contribution < 1.29 is 4.39 Å². The number of rotatable bonds is 2. The quantitative estimate of drug-likeness (QED) is 0.343. The molecule has 0 saturated carbocycles. The van der Waals surface area contributed by atoms with Crippen molar-refractivity contribution in [3.05, 3.63) is 88.7 Å². The van der Waals surface area contributed by atoms with E-state index in [0.717, 1.165) is 38.9 Å². The SMILES string of the molecule is Cc1ccc(C)c(-c2cc(-c3ccccc3F)c3cc(Cl)ccc3n2)c1.Cl. The highest BCUT2D eigenvalue weighted by Gasteiger charge is 2.14. The van der Waals surface area contributed by atoms with Crippen LogP contribution in [0.3, 0.4) is 0 Å². The molecule has 4 rings (SSSR count). The summed E-state index contributed by atoms with van der Waals surface area (Å²) in [6.45, 7) is 4.12. The molecule has 4 heteroatoms. The summed E-state index contributed by atoms with van der Waals surface area (Å²) in [4.78, 5) is 4.82. The molecular weight excluding hydrogens is 380 g/mol. The molecule has 0 spiro atoms. The zero-order chi connectivity index (χ0) is 18.3. The minimum Gasteiger partial charge on any atom is -0.248 e. The van der Waals surface area contributed by atoms with Crippen molar-refractivity contribution >= 4 is 34.9 Å². The van der Waals surface area contributed by atoms with Crippen molar-refractivity contribution in [3.8, 4) is 22.4 Å². The zero-order valence-corrected chi connectivity index (χ0v) is 16.5. The van der Waals surface area contributed by atoms with Crippen LogP contribution >= 0.6 is 24.0 Å². The Hall–Kier alpha value is -2.42. The van der Waals surface area contributed by atoms with Crippen LogP contribution in [-0.4, -0.2) is 4.98 Å². The van der Waals surface area contributed by atoms with E-state index in [-0.39, 0.29) is 18.2 Å². The van der Waals surface area contributed by atoms with Crippen molar-refractivity contribution in [2.24, 2.45) is 0 Å². The fourth-order valence-corrected chi connectivity index (χ4v) is 3.42. The molecule has 27 heavy (non-hydrogen) atoms. The Kier molecular flexibility index (Phi) is 5.50. The number of nitrogens with zero attached hydrogens (tertiary/aromatic N) is 1. The molecule has 1 aromatic heterocycles. The van der Waals surface area contributed by atoms with Gasteiger partial charge in [-0.05, 0) is 61.4 Å². The van der Waals surface area contributed by atoms with Crippen molar-refractivity contribution in [2.75, 3.05) is 0 Å². The van der Waals surface area contributed by atoms with E-state index in [9.17, 15) is 4.39 Å². The number of hydrogen-bond donors (Lipinski definition) is 0. The van der Waals surface area contributed by atoms with Crippen LogP contribution in [0.4, 0.5) is 4.39 Å². The molecule has 136 valence electrons. The van der Waals surface area contributed by atoms with Gasteiger partial charge in [0, 0.05) is 21.5 Å². The first kappa shape index (κ1) is 19.3. The van der Waals surface area contributed by atoms with Gasteiger partial charge in [-0.15, -0.1) is 12.4 Å². The topological polar surface area (TPSA) is 12.9 Å². The maximum Gasteiger partial charge on any atom is 0.131 e. The minimum absolute atomic E-state index is 0. The van der Waals surface area contributed by atoms with Crippen LogP contribution in [0.15, 0.2) is 66.7 Å². The maximum atomic E-state index is 14.5. The molecular formula is C23H18Cl2FN. The molecule has 1 nitrogen and oxygen atoms in total. The van der Waals surface area contributed by atoms with E-state index in [1.54, 1.807) is 12.1 Å². The van der Waals surface area contributed by atoms with Crippen LogP contribution < -0.4 is 0 Å². The van der Waals surface area contributed by atoms with Crippen molar-refractivity contribution in [3.63, 3.8) is 0 Å². The molecule has 0 N–H and O–H groups in total. The van der Waals surface area contributed by atoms with E-state index in [4.69, 9.17) is 16.6 Å². The molecule has 1 heterocycles. The van der Waals surface area contributed by atoms with E-state index in [1.165, 1.54) is 6.07 Å². The second-order valence-electron chi connectivity index (χ2n) is 6.51. The lowest BCUT2D eigenvalue weighted by molar-refractivity contribution is 0.631. The Labute approximate surface area is 169 Å². The third-order valence-corrected chi connectivity index (χ3v) is 4.84. The van der Waals surface area contributed by atoms with Gasteiger partial charge in [0.25, 0.3) is 0 Å². The van der Waals surface area contributed by atoms with Crippen molar-refractivity contribution in [2.45, 2.75) is 13.8 Å². The van der Waals surface area contributed by atoms with Gasteiger partial charge in [-0.2, -0.15) is 0 Å². The van der Waals surface area contributed by atoms with Crippen LogP contribution in [0, 0.1) is 19.7 Å². The number of benzene rings is 3. The molecule has 4 aromatic rings. The third kappa shape index (κ3) is 3.69. The second kappa shape index (κ2) is 7.67. The van der Waals surface area contributed by atoms with E-state index in [1.807, 2.05) is 30.3 Å². The molecule has 0 saturated heterocycles. The maximum absolute atomic E-state index is 14.5. The van der Waals surface area contributed by atoms with Crippen LogP contribution in [0.2, 0.25) is 5.02 Å². The predicted octanol–water partition coefficient (Wildman–Crippen LogP) is 7.40. The highest BCUT2D eigenvalue weighted by molar-refractivity contribution is 6.31. The van der Waals surface area contributed by atoms with Crippen LogP contribution in [0.25, 0.3) is 33.3 Å². The Morgan fingerprint density at radius 3 is 2.37 bits per heavy atom. The molecule has 0 bridgehead atoms. The van der Waals surface area contributed by atoms with Gasteiger partial charge in [-0.3, -0.25) is 0 Å². The summed E-state index contributed by atoms with van der Waals surface area (Å²) >= 11 is 6.20. The van der Waals surface area contributed by atoms with Gasteiger partial charge in [-0.1, -0.05) is 47.5 Å². The average Bonchev–Trinajstić information content (AvgIpc) is 2.63. The summed E-state index contributed by atoms with van der Waals surface area (Å²) in [5.41, 5.74) is 6.33. The highest BCUT2D eigenvalue weighted by Crippen LogP contribution is 2.35. The smallest absolute Gasteiger partial charge is 0.131 e. The van der Waals surface area contributed by atoms with E-state index >= 15 is 0 Å². The summed E-state index contributed by atoms with van der Waals surface area (Å²) in [6, 6.07) is 20.6.